The second-order valence-electron chi connectivity index (χ2n) is 33.5. The van der Waals surface area contributed by atoms with E-state index in [1.165, 1.54) is 6.92 Å². The third kappa shape index (κ3) is 44.2. The summed E-state index contributed by atoms with van der Waals surface area (Å²) in [5, 5.41) is 116. The van der Waals surface area contributed by atoms with Crippen LogP contribution in [-0.2, 0) is 95.9 Å². The zero-order valence-corrected chi connectivity index (χ0v) is 78.0. The van der Waals surface area contributed by atoms with Crippen LogP contribution in [0.1, 0.15) is 170 Å². The van der Waals surface area contributed by atoms with E-state index in [1.807, 2.05) is 0 Å². The van der Waals surface area contributed by atoms with Crippen molar-refractivity contribution in [2.24, 2.45) is 57.7 Å². The number of carboxylic acid groups (broad SMARTS) is 1. The van der Waals surface area contributed by atoms with Crippen molar-refractivity contribution < 1.29 is 116 Å². The zero-order chi connectivity index (χ0) is 103. The highest BCUT2D eigenvalue weighted by atomic mass is 32.1. The van der Waals surface area contributed by atoms with Crippen molar-refractivity contribution in [2.45, 2.75) is 273 Å². The van der Waals surface area contributed by atoms with Crippen LogP contribution in [0.2, 0.25) is 0 Å². The Morgan fingerprint density at radius 2 is 0.588 bits per heavy atom. The van der Waals surface area contributed by atoms with E-state index in [2.05, 4.69) is 108 Å². The number of likely N-dealkylation sites (tertiary alicyclic amines) is 2. The largest absolute Gasteiger partial charge is 0.480 e. The first-order valence-electron chi connectivity index (χ1n) is 44.3. The molecule has 0 aromatic rings. The smallest absolute Gasteiger partial charge is 0.327 e. The molecule has 0 radical (unpaired) electrons. The molecule has 17 atom stereocenters. The Hall–Kier alpha value is -13.3. The number of nitrogens with zero attached hydrogens (tertiary/aromatic N) is 2. The number of rotatable bonds is 64. The number of primary amides is 3. The average Bonchev–Trinajstić information content (AvgIpc) is 1.65. The van der Waals surface area contributed by atoms with Crippen molar-refractivity contribution in [1.29, 1.82) is 21.6 Å². The number of nitrogens with two attached hydrogens (primary N) is 8. The number of amides is 19. The van der Waals surface area contributed by atoms with Gasteiger partial charge in [0.1, 0.15) is 96.7 Å². The van der Waals surface area contributed by atoms with Crippen molar-refractivity contribution >= 4 is 155 Å². The van der Waals surface area contributed by atoms with Crippen LogP contribution in [0.15, 0.2) is 0 Å². The molecule has 0 spiro atoms. The van der Waals surface area contributed by atoms with Crippen LogP contribution in [0, 0.1) is 33.5 Å². The number of aliphatic hydroxyl groups is 3. The summed E-state index contributed by atoms with van der Waals surface area (Å²) in [4.78, 5) is 275. The number of carbonyl (C=O) groups excluding carboxylic acids is 19. The van der Waals surface area contributed by atoms with Gasteiger partial charge in [0.2, 0.25) is 112 Å². The topological polar surface area (TPSA) is 949 Å². The standard InChI is InChI=1S/C79H140N32O24S/c1-37(2)31-48(104-61(120)41(80)13-7-25-92-76(84)85)67(126)96-40(6)60(119)103-47(21-24-58(83)117)73(132)110-29-11-17-54(110)71(130)101-44(16-10-28-95-79(90)91)62(121)99-42(14-8-26-93-77(86)87)63(122)107-51(34-113)70(129)105-49(32-38(3)4)68(127)100-43(15-9-27-94-78(88)89)64(123)106-50(33-112)69(128)97-39(5)59(118)98-45(19-22-56(81)115)65(124)108-52(35-114)74(133)111-30-12-18-55(111)72(131)102-46(20-23-57(82)116)66(125)109-53(36-136)75(134)135/h37-55,112-114,136H,7-36,80H2,1-6H3,(H2,81,115)(H2,82,116)(H2,83,117)(H,96,126)(H,97,128)(H,98,118)(H,99,121)(H,100,127)(H,101,130)(H,102,131)(H,103,119)(H,104,120)(H,105,129)(H,106,123)(H,107,122)(H,108,124)(H,109,125)(H,134,135)(H4,84,85,92)(H4,86,87,93)(H4,88,89,94)(H4,90,91,95)/t39-,40-,41-,42-,43-,44-,45-,46-,47-,48-,49-,50-,51-,52-,53-,54-,55-/m0/s1. The third-order valence-electron chi connectivity index (χ3n) is 21.2. The molecule has 2 aliphatic heterocycles. The van der Waals surface area contributed by atoms with Crippen molar-refractivity contribution in [1.82, 2.24) is 106 Å². The summed E-state index contributed by atoms with van der Waals surface area (Å²) in [5.74, 6) is -23.5. The summed E-state index contributed by atoms with van der Waals surface area (Å²) in [6.45, 7) is 5.48. The van der Waals surface area contributed by atoms with Crippen LogP contribution >= 0.6 is 12.6 Å². The molecule has 136 heavy (non-hydrogen) atoms. The zero-order valence-electron chi connectivity index (χ0n) is 77.1. The number of carbonyl (C=O) groups is 20. The molecule has 2 saturated heterocycles. The molecule has 0 aromatic carbocycles. The summed E-state index contributed by atoms with van der Waals surface area (Å²) in [6.07, 6.45) is -3.14. The number of thiol groups is 1. The normalized spacial score (nSPS) is 16.6. The molecule has 2 rings (SSSR count). The molecule has 766 valence electrons. The van der Waals surface area contributed by atoms with Gasteiger partial charge in [-0.1, -0.05) is 27.7 Å². The lowest BCUT2D eigenvalue weighted by Gasteiger charge is -2.31. The van der Waals surface area contributed by atoms with Gasteiger partial charge in [0, 0.05) is 64.3 Å². The molecular weight excluding hydrogens is 1810 g/mol. The molecule has 56 nitrogen and oxygen atoms in total. The number of hydrogen-bond donors (Lipinski definition) is 35. The number of aliphatic carboxylic acids is 1. The number of guanidine groups is 4. The fourth-order valence-electron chi connectivity index (χ4n) is 14.0. The molecule has 0 saturated carbocycles. The maximum atomic E-state index is 14.7. The molecule has 0 aromatic heterocycles. The average molecular weight is 1950 g/mol. The molecule has 0 unspecified atom stereocenters. The van der Waals surface area contributed by atoms with Crippen LogP contribution in [0.5, 0.6) is 0 Å². The predicted molar refractivity (Wildman–Crippen MR) is 489 cm³/mol. The molecule has 2 fully saturated rings. The van der Waals surface area contributed by atoms with E-state index < -0.39 is 303 Å². The molecule has 19 amide bonds. The SMILES string of the molecule is CC(C)C[C@H](NC(=O)[C@H](CO)NC(=O)[C@H](CCCNC(=N)N)NC(=O)[C@H](CCCNC(=N)N)NC(=O)[C@@H]1CCCN1C(=O)[C@H](CCC(N)=O)NC(=O)[C@H](C)NC(=O)[C@H](CC(C)C)NC(=O)[C@@H](N)CCCNC(=N)N)C(=O)N[C@@H](CCCNC(=N)N)C(=O)N[C@@H](CO)C(=O)N[C@@H](C)C(=O)N[C@@H](CCC(N)=O)C(=O)N[C@@H](CO)C(=O)N1CCC[C@H]1C(=O)N[C@@H](CCC(N)=O)C(=O)N[C@@H](CS)C(=O)O. The molecular formula is C79H140N32O24S. The first-order valence-corrected chi connectivity index (χ1v) is 45.0. The van der Waals surface area contributed by atoms with Gasteiger partial charge < -0.3 is 172 Å². The Morgan fingerprint density at radius 1 is 0.331 bits per heavy atom. The Bertz CT molecular complexity index is 4170. The highest BCUT2D eigenvalue weighted by Crippen LogP contribution is 2.23. The number of nitrogens with one attached hydrogen (secondary N) is 22. The van der Waals surface area contributed by atoms with Crippen molar-refractivity contribution in [3.05, 3.63) is 0 Å². The van der Waals surface area contributed by atoms with Gasteiger partial charge in [-0.3, -0.25) is 113 Å². The van der Waals surface area contributed by atoms with Crippen LogP contribution in [0.4, 0.5) is 0 Å². The minimum atomic E-state index is -1.95. The first kappa shape index (κ1) is 119. The summed E-state index contributed by atoms with van der Waals surface area (Å²) < 4.78 is 0. The van der Waals surface area contributed by atoms with Crippen molar-refractivity contribution in [3.8, 4) is 0 Å². The summed E-state index contributed by atoms with van der Waals surface area (Å²) in [6, 6.07) is -26.8. The minimum Gasteiger partial charge on any atom is -0.480 e. The Balaban J connectivity index is 2.47. The van der Waals surface area contributed by atoms with Gasteiger partial charge in [0.05, 0.1) is 25.9 Å². The molecule has 0 aliphatic carbocycles. The van der Waals surface area contributed by atoms with Crippen LogP contribution < -0.4 is 142 Å². The lowest BCUT2D eigenvalue weighted by molar-refractivity contribution is -0.144. The Labute approximate surface area is 790 Å². The van der Waals surface area contributed by atoms with E-state index in [0.29, 0.717) is 6.42 Å². The highest BCUT2D eigenvalue weighted by Gasteiger charge is 2.44. The van der Waals surface area contributed by atoms with E-state index in [0.717, 1.165) is 16.7 Å². The van der Waals surface area contributed by atoms with E-state index in [4.69, 9.17) is 67.5 Å². The van der Waals surface area contributed by atoms with Gasteiger partial charge in [-0.15, -0.1) is 0 Å². The van der Waals surface area contributed by atoms with Crippen LogP contribution in [0.3, 0.4) is 0 Å². The van der Waals surface area contributed by atoms with E-state index >= 15 is 0 Å². The fourth-order valence-corrected chi connectivity index (χ4v) is 14.2. The van der Waals surface area contributed by atoms with Gasteiger partial charge in [-0.25, -0.2) is 4.79 Å². The van der Waals surface area contributed by atoms with Gasteiger partial charge in [0.25, 0.3) is 0 Å². The quantitative estimate of drug-likeness (QED) is 0.0116. The monoisotopic (exact) mass is 1950 g/mol. The van der Waals surface area contributed by atoms with Gasteiger partial charge in [-0.2, -0.15) is 12.6 Å². The van der Waals surface area contributed by atoms with Crippen LogP contribution in [0.25, 0.3) is 0 Å². The van der Waals surface area contributed by atoms with Crippen molar-refractivity contribution in [3.63, 3.8) is 0 Å². The molecule has 2 heterocycles. The first-order chi connectivity index (χ1) is 63.9. The maximum absolute atomic E-state index is 14.7. The lowest BCUT2D eigenvalue weighted by atomic mass is 10.0. The summed E-state index contributed by atoms with van der Waals surface area (Å²) >= 11 is 3.91. The minimum absolute atomic E-state index is 0.00153. The van der Waals surface area contributed by atoms with Gasteiger partial charge >= 0.3 is 5.97 Å². The second-order valence-corrected chi connectivity index (χ2v) is 33.8. The molecule has 57 heteroatoms. The Morgan fingerprint density at radius 3 is 0.926 bits per heavy atom. The summed E-state index contributed by atoms with van der Waals surface area (Å²) in [5.41, 5.74) is 44.1. The number of carboxylic acids is 1. The van der Waals surface area contributed by atoms with E-state index in [9.17, 15) is 116 Å². The molecule has 42 N–H and O–H groups in total. The molecule has 0 bridgehead atoms. The van der Waals surface area contributed by atoms with Gasteiger partial charge in [-0.05, 0) is 135 Å². The van der Waals surface area contributed by atoms with E-state index in [-0.39, 0.29) is 140 Å². The predicted octanol–water partition coefficient (Wildman–Crippen LogP) is -13.9. The number of hydrogen-bond acceptors (Lipinski definition) is 29. The van der Waals surface area contributed by atoms with Gasteiger partial charge in [0.15, 0.2) is 23.8 Å². The second kappa shape index (κ2) is 61.5. The summed E-state index contributed by atoms with van der Waals surface area (Å²) in [7, 11) is 0. The Kier molecular flexibility index (Phi) is 53.7. The maximum Gasteiger partial charge on any atom is 0.327 e. The highest BCUT2D eigenvalue weighted by molar-refractivity contribution is 7.80. The van der Waals surface area contributed by atoms with E-state index in [1.54, 1.807) is 27.7 Å². The molecule has 2 aliphatic rings. The fraction of sp³-hybridized carbons (Fsp3) is 0.696. The third-order valence-corrected chi connectivity index (χ3v) is 21.6. The van der Waals surface area contributed by atoms with Crippen LogP contribution in [-0.4, -0.2) is 340 Å². The van der Waals surface area contributed by atoms with Crippen molar-refractivity contribution in [2.75, 3.05) is 64.8 Å². The lowest BCUT2D eigenvalue weighted by Crippen LogP contribution is -2.61. The number of aliphatic hydroxyl groups excluding tert-OH is 3.